The molecule has 0 unspecified atom stereocenters. The fraction of sp³-hybridized carbons (Fsp3) is 0.300. The Balaban J connectivity index is 2.08. The van der Waals surface area contributed by atoms with Crippen molar-refractivity contribution in [2.75, 3.05) is 18.2 Å². The minimum Gasteiger partial charge on any atom is -0.476 e. The molecular weight excluding hydrogens is 410 g/mol. The molecule has 0 saturated heterocycles. The van der Waals surface area contributed by atoms with Crippen molar-refractivity contribution in [2.45, 2.75) is 32.6 Å². The zero-order valence-electron chi connectivity index (χ0n) is 17.1. The summed E-state index contributed by atoms with van der Waals surface area (Å²) >= 11 is 1.18. The van der Waals surface area contributed by atoms with Crippen molar-refractivity contribution < 1.29 is 17.9 Å². The Labute approximate surface area is 175 Å². The third-order valence-corrected chi connectivity index (χ3v) is 5.96. The third-order valence-electron chi connectivity index (χ3n) is 4.14. The summed E-state index contributed by atoms with van der Waals surface area (Å²) in [6.07, 6.45) is 0. The molecule has 0 aliphatic rings. The number of anilines is 1. The van der Waals surface area contributed by atoms with Crippen LogP contribution in [0.2, 0.25) is 0 Å². The SMILES string of the molecule is COC(=Nc1c(C)cc(C)cc1C)SCC(=O)Nc1ccc(S(N)(=O)=O)cc1C. The number of methoxy groups -OCH3 is 1. The fourth-order valence-corrected chi connectivity index (χ4v) is 4.04. The van der Waals surface area contributed by atoms with Crippen LogP contribution < -0.4 is 10.5 Å². The van der Waals surface area contributed by atoms with E-state index in [9.17, 15) is 13.2 Å². The second-order valence-corrected chi connectivity index (χ2v) is 9.18. The Hall–Kier alpha value is -2.36. The van der Waals surface area contributed by atoms with Gasteiger partial charge >= 0.3 is 0 Å². The molecule has 0 bridgehead atoms. The molecule has 0 saturated carbocycles. The van der Waals surface area contributed by atoms with Crippen LogP contribution in [0.25, 0.3) is 0 Å². The smallest absolute Gasteiger partial charge is 0.251 e. The first-order chi connectivity index (χ1) is 13.5. The van der Waals surface area contributed by atoms with E-state index in [1.807, 2.05) is 32.9 Å². The average molecular weight is 436 g/mol. The van der Waals surface area contributed by atoms with Gasteiger partial charge in [0, 0.05) is 5.69 Å². The lowest BCUT2D eigenvalue weighted by Crippen LogP contribution is -2.17. The van der Waals surface area contributed by atoms with Crippen LogP contribution in [0.1, 0.15) is 22.3 Å². The van der Waals surface area contributed by atoms with Crippen molar-refractivity contribution in [3.8, 4) is 0 Å². The van der Waals surface area contributed by atoms with Crippen molar-refractivity contribution in [2.24, 2.45) is 10.1 Å². The maximum Gasteiger partial charge on any atom is 0.251 e. The van der Waals surface area contributed by atoms with Crippen molar-refractivity contribution in [3.63, 3.8) is 0 Å². The largest absolute Gasteiger partial charge is 0.476 e. The van der Waals surface area contributed by atoms with Gasteiger partial charge in [0.2, 0.25) is 15.9 Å². The summed E-state index contributed by atoms with van der Waals surface area (Å²) in [5.74, 6) is -0.170. The number of primary sulfonamides is 1. The van der Waals surface area contributed by atoms with E-state index in [0.717, 1.165) is 22.4 Å². The Morgan fingerprint density at radius 3 is 2.24 bits per heavy atom. The van der Waals surface area contributed by atoms with E-state index in [0.29, 0.717) is 16.5 Å². The Kier molecular flexibility index (Phi) is 7.45. The zero-order valence-corrected chi connectivity index (χ0v) is 18.7. The minimum atomic E-state index is -3.78. The second-order valence-electron chi connectivity index (χ2n) is 6.69. The standard InChI is InChI=1S/C20H25N3O4S2/c1-12-8-14(3)19(15(4)9-12)23-20(27-5)28-11-18(24)22-17-7-6-16(10-13(17)2)29(21,25)26/h6-10H,11H2,1-5H3,(H,22,24)(H2,21,25,26). The molecule has 7 nitrogen and oxygen atoms in total. The van der Waals surface area contributed by atoms with E-state index < -0.39 is 10.0 Å². The van der Waals surface area contributed by atoms with Gasteiger partial charge in [-0.15, -0.1) is 0 Å². The van der Waals surface area contributed by atoms with Crippen molar-refractivity contribution in [1.29, 1.82) is 0 Å². The third kappa shape index (κ3) is 6.31. The van der Waals surface area contributed by atoms with Gasteiger partial charge in [-0.25, -0.2) is 18.5 Å². The quantitative estimate of drug-likeness (QED) is 0.551. The number of carbonyl (C=O) groups excluding carboxylic acids is 1. The second kappa shape index (κ2) is 9.43. The highest BCUT2D eigenvalue weighted by Crippen LogP contribution is 2.27. The van der Waals surface area contributed by atoms with E-state index >= 15 is 0 Å². The van der Waals surface area contributed by atoms with Crippen molar-refractivity contribution in [1.82, 2.24) is 0 Å². The van der Waals surface area contributed by atoms with E-state index in [1.54, 1.807) is 6.92 Å². The maximum atomic E-state index is 12.3. The number of benzene rings is 2. The first-order valence-electron chi connectivity index (χ1n) is 8.78. The number of amides is 1. The highest BCUT2D eigenvalue weighted by atomic mass is 32.2. The molecule has 0 spiro atoms. The Bertz CT molecular complexity index is 1040. The average Bonchev–Trinajstić information content (AvgIpc) is 2.61. The summed E-state index contributed by atoms with van der Waals surface area (Å²) in [5, 5.41) is 8.26. The first kappa shape index (κ1) is 22.9. The van der Waals surface area contributed by atoms with E-state index in [4.69, 9.17) is 9.88 Å². The molecule has 0 fully saturated rings. The number of sulfonamides is 1. The highest BCUT2D eigenvalue weighted by molar-refractivity contribution is 8.14. The number of rotatable bonds is 5. The predicted octanol–water partition coefficient (Wildman–Crippen LogP) is 3.57. The monoisotopic (exact) mass is 435 g/mol. The Morgan fingerprint density at radius 1 is 1.10 bits per heavy atom. The number of nitrogens with two attached hydrogens (primary N) is 1. The van der Waals surface area contributed by atoms with Crippen LogP contribution in [-0.4, -0.2) is 32.4 Å². The van der Waals surface area contributed by atoms with E-state index in [-0.39, 0.29) is 16.6 Å². The Morgan fingerprint density at radius 2 is 1.72 bits per heavy atom. The molecule has 0 aromatic heterocycles. The van der Waals surface area contributed by atoms with E-state index in [1.165, 1.54) is 37.1 Å². The van der Waals surface area contributed by atoms with Crippen LogP contribution in [0.5, 0.6) is 0 Å². The molecule has 2 aromatic carbocycles. The summed E-state index contributed by atoms with van der Waals surface area (Å²) in [7, 11) is -2.27. The number of nitrogens with zero attached hydrogens (tertiary/aromatic N) is 1. The van der Waals surface area contributed by atoms with Crippen molar-refractivity contribution >= 4 is 44.3 Å². The molecule has 0 radical (unpaired) electrons. The molecule has 3 N–H and O–H groups in total. The number of aryl methyl sites for hydroxylation is 4. The van der Waals surface area contributed by atoms with Gasteiger partial charge in [0.1, 0.15) is 0 Å². The number of hydrogen-bond acceptors (Lipinski definition) is 6. The van der Waals surface area contributed by atoms with Crippen LogP contribution in [-0.2, 0) is 19.6 Å². The summed E-state index contributed by atoms with van der Waals surface area (Å²) in [6, 6.07) is 8.38. The molecule has 0 atom stereocenters. The molecule has 0 aliphatic carbocycles. The first-order valence-corrected chi connectivity index (χ1v) is 11.3. The molecule has 2 aromatic rings. The number of hydrogen-bond donors (Lipinski definition) is 2. The molecule has 0 heterocycles. The highest BCUT2D eigenvalue weighted by Gasteiger charge is 2.13. The van der Waals surface area contributed by atoms with Gasteiger partial charge in [-0.05, 0) is 62.6 Å². The summed E-state index contributed by atoms with van der Waals surface area (Å²) in [6.45, 7) is 7.69. The molecule has 29 heavy (non-hydrogen) atoms. The molecule has 1 amide bonds. The van der Waals surface area contributed by atoms with Crippen LogP contribution in [0, 0.1) is 27.7 Å². The zero-order chi connectivity index (χ0) is 21.8. The van der Waals surface area contributed by atoms with Gasteiger partial charge in [-0.2, -0.15) is 0 Å². The summed E-state index contributed by atoms with van der Waals surface area (Å²) < 4.78 is 28.1. The minimum absolute atomic E-state index is 0.0000130. The predicted molar refractivity (Wildman–Crippen MR) is 118 cm³/mol. The van der Waals surface area contributed by atoms with Gasteiger partial charge in [0.05, 0.1) is 23.4 Å². The fourth-order valence-electron chi connectivity index (χ4n) is 2.84. The molecule has 2 rings (SSSR count). The molecular formula is C20H25N3O4S2. The lowest BCUT2D eigenvalue weighted by molar-refractivity contribution is -0.113. The van der Waals surface area contributed by atoms with Gasteiger partial charge in [-0.3, -0.25) is 4.79 Å². The lowest BCUT2D eigenvalue weighted by Gasteiger charge is -2.11. The molecule has 156 valence electrons. The normalized spacial score (nSPS) is 12.0. The number of aliphatic imine (C=N–C) groups is 1. The van der Waals surface area contributed by atoms with Crippen LogP contribution in [0.4, 0.5) is 11.4 Å². The van der Waals surface area contributed by atoms with Gasteiger partial charge in [-0.1, -0.05) is 29.5 Å². The van der Waals surface area contributed by atoms with E-state index in [2.05, 4.69) is 10.3 Å². The van der Waals surface area contributed by atoms with Crippen LogP contribution >= 0.6 is 11.8 Å². The number of thioether (sulfide) groups is 1. The van der Waals surface area contributed by atoms with Crippen LogP contribution in [0.3, 0.4) is 0 Å². The summed E-state index contributed by atoms with van der Waals surface area (Å²) in [5.41, 5.74) is 5.18. The molecule has 9 heteroatoms. The lowest BCUT2D eigenvalue weighted by atomic mass is 10.1. The molecule has 0 aliphatic heterocycles. The van der Waals surface area contributed by atoms with Gasteiger partial charge in [0.15, 0.2) is 0 Å². The number of nitrogens with one attached hydrogen (secondary N) is 1. The number of ether oxygens (including phenoxy) is 1. The summed E-state index contributed by atoms with van der Waals surface area (Å²) in [4.78, 5) is 16.9. The van der Waals surface area contributed by atoms with Gasteiger partial charge in [0.25, 0.3) is 5.23 Å². The maximum absolute atomic E-state index is 12.3. The van der Waals surface area contributed by atoms with Crippen LogP contribution in [0.15, 0.2) is 40.2 Å². The van der Waals surface area contributed by atoms with Gasteiger partial charge < -0.3 is 10.1 Å². The topological polar surface area (TPSA) is 111 Å². The van der Waals surface area contributed by atoms with Crippen molar-refractivity contribution in [3.05, 3.63) is 52.6 Å². The number of carbonyl (C=O) groups is 1.